The van der Waals surface area contributed by atoms with Gasteiger partial charge in [0.05, 0.1) is 12.6 Å². The van der Waals surface area contributed by atoms with Gasteiger partial charge in [0.25, 0.3) is 0 Å². The van der Waals surface area contributed by atoms with Crippen LogP contribution in [0.25, 0.3) is 10.8 Å². The van der Waals surface area contributed by atoms with E-state index in [0.717, 1.165) is 34.9 Å². The first-order chi connectivity index (χ1) is 10.2. The predicted octanol–water partition coefficient (Wildman–Crippen LogP) is 3.29. The molecule has 0 radical (unpaired) electrons. The van der Waals surface area contributed by atoms with E-state index in [0.29, 0.717) is 13.0 Å². The predicted molar refractivity (Wildman–Crippen MR) is 81.5 cm³/mol. The van der Waals surface area contributed by atoms with Gasteiger partial charge in [0.1, 0.15) is 11.5 Å². The zero-order valence-corrected chi connectivity index (χ0v) is 12.1. The molecule has 4 nitrogen and oxygen atoms in total. The van der Waals surface area contributed by atoms with Gasteiger partial charge in [-0.05, 0) is 35.4 Å². The van der Waals surface area contributed by atoms with Crippen molar-refractivity contribution in [3.63, 3.8) is 0 Å². The summed E-state index contributed by atoms with van der Waals surface area (Å²) < 4.78 is 5.71. The average molecular weight is 285 g/mol. The molecular formula is C17H19NO3. The molecule has 0 aromatic heterocycles. The largest absolute Gasteiger partial charge is 0.508 e. The van der Waals surface area contributed by atoms with Crippen LogP contribution < -0.4 is 10.1 Å². The Hall–Kier alpha value is -2.23. The van der Waals surface area contributed by atoms with Crippen LogP contribution in [0.3, 0.4) is 0 Å². The van der Waals surface area contributed by atoms with E-state index in [2.05, 4.69) is 5.32 Å². The van der Waals surface area contributed by atoms with Gasteiger partial charge < -0.3 is 15.2 Å². The number of amides is 1. The number of fused-ring (bicyclic) bond motifs is 3. The molecule has 2 aromatic carbocycles. The van der Waals surface area contributed by atoms with Crippen molar-refractivity contribution in [1.82, 2.24) is 5.32 Å². The van der Waals surface area contributed by atoms with Crippen molar-refractivity contribution < 1.29 is 14.6 Å². The summed E-state index contributed by atoms with van der Waals surface area (Å²) in [5, 5.41) is 14.8. The second-order valence-corrected chi connectivity index (χ2v) is 5.39. The van der Waals surface area contributed by atoms with Crippen molar-refractivity contribution in [2.75, 3.05) is 6.61 Å². The van der Waals surface area contributed by atoms with Crippen molar-refractivity contribution in [3.05, 3.63) is 35.9 Å². The molecule has 2 N–H and O–H groups in total. The Morgan fingerprint density at radius 3 is 3.00 bits per heavy atom. The summed E-state index contributed by atoms with van der Waals surface area (Å²) >= 11 is 0. The molecule has 0 spiro atoms. The standard InChI is InChI=1S/C17H19NO3/c1-2-3-16(20)18-14-8-9-21-15-7-5-11-4-6-12(19)10-13(11)17(14)15/h4-7,10,14,19H,2-3,8-9H2,1H3,(H,18,20). The molecule has 0 saturated carbocycles. The van der Waals surface area contributed by atoms with Crippen molar-refractivity contribution >= 4 is 16.7 Å². The highest BCUT2D eigenvalue weighted by Gasteiger charge is 2.25. The zero-order chi connectivity index (χ0) is 14.8. The summed E-state index contributed by atoms with van der Waals surface area (Å²) in [7, 11) is 0. The van der Waals surface area contributed by atoms with Crippen molar-refractivity contribution in [3.8, 4) is 11.5 Å². The number of carbonyl (C=O) groups is 1. The van der Waals surface area contributed by atoms with E-state index in [1.807, 2.05) is 25.1 Å². The van der Waals surface area contributed by atoms with Gasteiger partial charge in [0.2, 0.25) is 5.91 Å². The van der Waals surface area contributed by atoms with E-state index in [1.54, 1.807) is 12.1 Å². The highest BCUT2D eigenvalue weighted by molar-refractivity contribution is 5.90. The summed E-state index contributed by atoms with van der Waals surface area (Å²) in [6.07, 6.45) is 2.11. The van der Waals surface area contributed by atoms with E-state index in [-0.39, 0.29) is 17.7 Å². The van der Waals surface area contributed by atoms with E-state index < -0.39 is 0 Å². The molecule has 4 heteroatoms. The Morgan fingerprint density at radius 2 is 2.19 bits per heavy atom. The molecule has 0 bridgehead atoms. The zero-order valence-electron chi connectivity index (χ0n) is 12.1. The topological polar surface area (TPSA) is 58.6 Å². The summed E-state index contributed by atoms with van der Waals surface area (Å²) in [5.41, 5.74) is 0.971. The minimum absolute atomic E-state index is 0.0571. The number of carbonyl (C=O) groups excluding carboxylic acids is 1. The van der Waals surface area contributed by atoms with Gasteiger partial charge in [-0.15, -0.1) is 0 Å². The number of hydrogen-bond donors (Lipinski definition) is 2. The van der Waals surface area contributed by atoms with Gasteiger partial charge in [-0.1, -0.05) is 19.1 Å². The Bertz CT molecular complexity index is 681. The van der Waals surface area contributed by atoms with Gasteiger partial charge >= 0.3 is 0 Å². The monoisotopic (exact) mass is 285 g/mol. The third-order valence-corrected chi connectivity index (χ3v) is 3.83. The molecule has 21 heavy (non-hydrogen) atoms. The lowest BCUT2D eigenvalue weighted by atomic mass is 9.93. The first-order valence-corrected chi connectivity index (χ1v) is 7.37. The third kappa shape index (κ3) is 2.66. The maximum absolute atomic E-state index is 11.9. The molecular weight excluding hydrogens is 266 g/mol. The van der Waals surface area contributed by atoms with E-state index in [9.17, 15) is 9.90 Å². The second-order valence-electron chi connectivity index (χ2n) is 5.39. The van der Waals surface area contributed by atoms with Gasteiger partial charge in [-0.3, -0.25) is 4.79 Å². The third-order valence-electron chi connectivity index (χ3n) is 3.83. The molecule has 1 heterocycles. The van der Waals surface area contributed by atoms with Crippen LogP contribution in [0.2, 0.25) is 0 Å². The number of hydrogen-bond acceptors (Lipinski definition) is 3. The van der Waals surface area contributed by atoms with Crippen LogP contribution in [0.5, 0.6) is 11.5 Å². The number of phenols is 1. The molecule has 1 amide bonds. The summed E-state index contributed by atoms with van der Waals surface area (Å²) in [5.74, 6) is 1.08. The molecule has 3 rings (SSSR count). The van der Waals surface area contributed by atoms with Crippen molar-refractivity contribution in [2.24, 2.45) is 0 Å². The summed E-state index contributed by atoms with van der Waals surface area (Å²) in [6.45, 7) is 2.58. The first-order valence-electron chi connectivity index (χ1n) is 7.37. The van der Waals surface area contributed by atoms with Crippen LogP contribution in [0.4, 0.5) is 0 Å². The Morgan fingerprint density at radius 1 is 1.38 bits per heavy atom. The number of benzene rings is 2. The number of rotatable bonds is 3. The van der Waals surface area contributed by atoms with E-state index >= 15 is 0 Å². The van der Waals surface area contributed by atoms with E-state index in [1.165, 1.54) is 0 Å². The van der Waals surface area contributed by atoms with Crippen LogP contribution in [-0.2, 0) is 4.79 Å². The minimum Gasteiger partial charge on any atom is -0.508 e. The number of nitrogens with one attached hydrogen (secondary N) is 1. The van der Waals surface area contributed by atoms with Crippen molar-refractivity contribution in [1.29, 1.82) is 0 Å². The fourth-order valence-corrected chi connectivity index (χ4v) is 2.87. The first kappa shape index (κ1) is 13.7. The van der Waals surface area contributed by atoms with Gasteiger partial charge in [0.15, 0.2) is 0 Å². The molecule has 1 aliphatic heterocycles. The van der Waals surface area contributed by atoms with E-state index in [4.69, 9.17) is 4.74 Å². The minimum atomic E-state index is -0.0571. The lowest BCUT2D eigenvalue weighted by Gasteiger charge is -2.28. The maximum Gasteiger partial charge on any atom is 0.220 e. The Labute approximate surface area is 123 Å². The molecule has 1 aliphatic rings. The number of phenolic OH excluding ortho intramolecular Hbond substituents is 1. The molecule has 110 valence electrons. The van der Waals surface area contributed by atoms with Crippen LogP contribution in [0, 0.1) is 0 Å². The second kappa shape index (κ2) is 5.64. The molecule has 0 aliphatic carbocycles. The number of aromatic hydroxyl groups is 1. The quantitative estimate of drug-likeness (QED) is 0.909. The molecule has 2 aromatic rings. The normalized spacial score (nSPS) is 17.1. The van der Waals surface area contributed by atoms with Crippen molar-refractivity contribution in [2.45, 2.75) is 32.2 Å². The SMILES string of the molecule is CCCC(=O)NC1CCOc2ccc3ccc(O)cc3c21. The number of ether oxygens (including phenoxy) is 1. The Balaban J connectivity index is 2.05. The highest BCUT2D eigenvalue weighted by Crippen LogP contribution is 2.38. The lowest BCUT2D eigenvalue weighted by molar-refractivity contribution is -0.122. The van der Waals surface area contributed by atoms with Gasteiger partial charge in [-0.25, -0.2) is 0 Å². The van der Waals surface area contributed by atoms with Crippen LogP contribution in [0.15, 0.2) is 30.3 Å². The summed E-state index contributed by atoms with van der Waals surface area (Å²) in [4.78, 5) is 11.9. The lowest BCUT2D eigenvalue weighted by Crippen LogP contribution is -2.32. The highest BCUT2D eigenvalue weighted by atomic mass is 16.5. The van der Waals surface area contributed by atoms with Crippen LogP contribution in [0.1, 0.15) is 37.8 Å². The summed E-state index contributed by atoms with van der Waals surface area (Å²) in [6, 6.07) is 9.14. The van der Waals surface area contributed by atoms with Crippen LogP contribution >= 0.6 is 0 Å². The molecule has 0 saturated heterocycles. The smallest absolute Gasteiger partial charge is 0.220 e. The van der Waals surface area contributed by atoms with Gasteiger partial charge in [-0.2, -0.15) is 0 Å². The molecule has 0 fully saturated rings. The molecule has 1 atom stereocenters. The fourth-order valence-electron chi connectivity index (χ4n) is 2.87. The average Bonchev–Trinajstić information content (AvgIpc) is 2.47. The Kier molecular flexibility index (Phi) is 3.69. The van der Waals surface area contributed by atoms with Crippen LogP contribution in [-0.4, -0.2) is 17.6 Å². The molecule has 1 unspecified atom stereocenters. The fraction of sp³-hybridized carbons (Fsp3) is 0.353. The maximum atomic E-state index is 11.9. The van der Waals surface area contributed by atoms with Gasteiger partial charge in [0, 0.05) is 18.4 Å².